The second-order valence-corrected chi connectivity index (χ2v) is 9.11. The summed E-state index contributed by atoms with van der Waals surface area (Å²) in [6.07, 6.45) is 3.31. The number of carbonyl (C=O) groups is 1. The molecule has 2 atom stereocenters. The fourth-order valence-corrected chi connectivity index (χ4v) is 5.15. The standard InChI is InChI=1S/C15H13BrClNO.C8H13NO2/c1-19-15-10-5-2-4-9(10)8-13(18-15)11-6-3-7-12(16)14(11)17;1-2-11-8(10)7-5-3-9-4-6(5)7/h3,6-8H,2,4-5H2,1H3;5-7,9H,2-4H2,1H3. The molecule has 30 heavy (non-hydrogen) atoms. The lowest BCUT2D eigenvalue weighted by molar-refractivity contribution is -0.145. The number of pyridine rings is 1. The zero-order chi connectivity index (χ0) is 21.3. The summed E-state index contributed by atoms with van der Waals surface area (Å²) in [5, 5.41) is 3.93. The zero-order valence-corrected chi connectivity index (χ0v) is 19.6. The number of fused-ring (bicyclic) bond motifs is 2. The molecule has 2 aliphatic carbocycles. The Labute approximate surface area is 190 Å². The van der Waals surface area contributed by atoms with Crippen LogP contribution in [0.4, 0.5) is 0 Å². The lowest BCUT2D eigenvalue weighted by Gasteiger charge is -2.11. The molecule has 0 spiro atoms. The SMILES string of the molecule is CCOC(=O)C1C2CNCC21.COc1nc(-c2cccc(Br)c2Cl)cc2c1CCC2. The lowest BCUT2D eigenvalue weighted by Crippen LogP contribution is -2.20. The average molecular weight is 494 g/mol. The molecule has 2 heterocycles. The summed E-state index contributed by atoms with van der Waals surface area (Å²) in [6, 6.07) is 8.01. The molecule has 5 rings (SSSR count). The second kappa shape index (κ2) is 9.25. The van der Waals surface area contributed by atoms with Crippen LogP contribution in [0.15, 0.2) is 28.7 Å². The van der Waals surface area contributed by atoms with Gasteiger partial charge in [-0.15, -0.1) is 0 Å². The van der Waals surface area contributed by atoms with E-state index in [0.717, 1.165) is 47.5 Å². The van der Waals surface area contributed by atoms with Crippen LogP contribution in [0.1, 0.15) is 24.5 Å². The van der Waals surface area contributed by atoms with Crippen molar-refractivity contribution in [2.75, 3.05) is 26.8 Å². The van der Waals surface area contributed by atoms with Gasteiger partial charge >= 0.3 is 5.97 Å². The van der Waals surface area contributed by atoms with Gasteiger partial charge in [0, 0.05) is 15.6 Å². The Kier molecular flexibility index (Phi) is 6.66. The van der Waals surface area contributed by atoms with E-state index in [4.69, 9.17) is 21.1 Å². The second-order valence-electron chi connectivity index (χ2n) is 7.87. The fraction of sp³-hybridized carbons (Fsp3) is 0.478. The summed E-state index contributed by atoms with van der Waals surface area (Å²) < 4.78 is 11.2. The highest BCUT2D eigenvalue weighted by Crippen LogP contribution is 2.49. The van der Waals surface area contributed by atoms with Crippen LogP contribution in [-0.4, -0.2) is 37.8 Å². The molecule has 0 radical (unpaired) electrons. The van der Waals surface area contributed by atoms with E-state index >= 15 is 0 Å². The lowest BCUT2D eigenvalue weighted by atomic mass is 10.1. The highest BCUT2D eigenvalue weighted by atomic mass is 79.9. The van der Waals surface area contributed by atoms with E-state index in [1.54, 1.807) is 7.11 Å². The Morgan fingerprint density at radius 3 is 2.77 bits per heavy atom. The minimum absolute atomic E-state index is 0.0176. The van der Waals surface area contributed by atoms with E-state index in [9.17, 15) is 4.79 Å². The van der Waals surface area contributed by atoms with E-state index in [-0.39, 0.29) is 11.9 Å². The Morgan fingerprint density at radius 2 is 2.07 bits per heavy atom. The number of aryl methyl sites for hydroxylation is 1. The van der Waals surface area contributed by atoms with Crippen LogP contribution in [0.2, 0.25) is 5.02 Å². The molecule has 1 saturated carbocycles. The Morgan fingerprint density at radius 1 is 1.30 bits per heavy atom. The summed E-state index contributed by atoms with van der Waals surface area (Å²) in [7, 11) is 1.67. The number of methoxy groups -OCH3 is 1. The zero-order valence-electron chi connectivity index (χ0n) is 17.2. The minimum Gasteiger partial charge on any atom is -0.481 e. The third-order valence-corrected chi connectivity index (χ3v) is 7.42. The Balaban J connectivity index is 0.000000168. The molecule has 3 aliphatic rings. The van der Waals surface area contributed by atoms with Gasteiger partial charge in [-0.2, -0.15) is 0 Å². The Hall–Kier alpha value is -1.63. The van der Waals surface area contributed by atoms with Crippen molar-refractivity contribution in [3.63, 3.8) is 0 Å². The summed E-state index contributed by atoms with van der Waals surface area (Å²) >= 11 is 9.80. The molecule has 1 aliphatic heterocycles. The molecule has 7 heteroatoms. The maximum atomic E-state index is 11.2. The first-order valence-corrected chi connectivity index (χ1v) is 11.6. The number of benzene rings is 1. The van der Waals surface area contributed by atoms with Crippen LogP contribution in [0, 0.1) is 17.8 Å². The van der Waals surface area contributed by atoms with Crippen molar-refractivity contribution in [3.8, 4) is 17.1 Å². The molecule has 5 nitrogen and oxygen atoms in total. The number of esters is 1. The average Bonchev–Trinajstić information content (AvgIpc) is 3.09. The molecule has 2 aromatic rings. The number of hydrogen-bond acceptors (Lipinski definition) is 5. The van der Waals surface area contributed by atoms with Crippen molar-refractivity contribution >= 4 is 33.5 Å². The monoisotopic (exact) mass is 492 g/mol. The van der Waals surface area contributed by atoms with Gasteiger partial charge in [0.1, 0.15) is 0 Å². The first-order valence-electron chi connectivity index (χ1n) is 10.4. The van der Waals surface area contributed by atoms with Gasteiger partial charge in [-0.3, -0.25) is 4.79 Å². The number of aromatic nitrogens is 1. The summed E-state index contributed by atoms with van der Waals surface area (Å²) in [4.78, 5) is 15.8. The predicted molar refractivity (Wildman–Crippen MR) is 121 cm³/mol. The van der Waals surface area contributed by atoms with Gasteiger partial charge in [-0.25, -0.2) is 4.98 Å². The molecule has 2 unspecified atom stereocenters. The number of nitrogens with one attached hydrogen (secondary N) is 1. The number of ether oxygens (including phenoxy) is 2. The summed E-state index contributed by atoms with van der Waals surface area (Å²) in [6.45, 7) is 4.39. The maximum Gasteiger partial charge on any atom is 0.309 e. The van der Waals surface area contributed by atoms with Crippen molar-refractivity contribution in [2.45, 2.75) is 26.2 Å². The van der Waals surface area contributed by atoms with Gasteiger partial charge in [-0.05, 0) is 84.7 Å². The van der Waals surface area contributed by atoms with Crippen molar-refractivity contribution in [3.05, 3.63) is 44.9 Å². The number of nitrogens with zero attached hydrogens (tertiary/aromatic N) is 1. The molecular formula is C23H26BrClN2O3. The molecule has 160 valence electrons. The fourth-order valence-electron chi connectivity index (χ4n) is 4.56. The molecule has 1 aromatic heterocycles. The molecule has 0 bridgehead atoms. The molecule has 2 fully saturated rings. The molecule has 1 aromatic carbocycles. The van der Waals surface area contributed by atoms with Crippen molar-refractivity contribution in [1.29, 1.82) is 0 Å². The van der Waals surface area contributed by atoms with Crippen LogP contribution in [0.5, 0.6) is 5.88 Å². The van der Waals surface area contributed by atoms with Crippen LogP contribution in [0.25, 0.3) is 11.3 Å². The molecule has 0 amide bonds. The molecule has 1 N–H and O–H groups in total. The third-order valence-electron chi connectivity index (χ3n) is 6.12. The number of rotatable bonds is 4. The highest BCUT2D eigenvalue weighted by molar-refractivity contribution is 9.10. The predicted octanol–water partition coefficient (Wildman–Crippen LogP) is 4.68. The van der Waals surface area contributed by atoms with Gasteiger partial charge in [0.2, 0.25) is 5.88 Å². The van der Waals surface area contributed by atoms with Crippen LogP contribution < -0.4 is 10.1 Å². The van der Waals surface area contributed by atoms with Gasteiger partial charge in [0.15, 0.2) is 0 Å². The summed E-state index contributed by atoms with van der Waals surface area (Å²) in [5.41, 5.74) is 4.39. The largest absolute Gasteiger partial charge is 0.481 e. The van der Waals surface area contributed by atoms with E-state index in [2.05, 4.69) is 32.3 Å². The van der Waals surface area contributed by atoms with Crippen molar-refractivity contribution in [2.24, 2.45) is 17.8 Å². The van der Waals surface area contributed by atoms with Crippen LogP contribution >= 0.6 is 27.5 Å². The quantitative estimate of drug-likeness (QED) is 0.627. The molecular weight excluding hydrogens is 468 g/mol. The van der Waals surface area contributed by atoms with Gasteiger partial charge < -0.3 is 14.8 Å². The summed E-state index contributed by atoms with van der Waals surface area (Å²) in [5.74, 6) is 2.17. The number of piperidine rings is 1. The minimum atomic E-state index is 0.0176. The van der Waals surface area contributed by atoms with Crippen molar-refractivity contribution in [1.82, 2.24) is 10.3 Å². The maximum absolute atomic E-state index is 11.2. The highest BCUT2D eigenvalue weighted by Gasteiger charge is 2.57. The van der Waals surface area contributed by atoms with Gasteiger partial charge in [-0.1, -0.05) is 23.7 Å². The van der Waals surface area contributed by atoms with E-state index < -0.39 is 0 Å². The van der Waals surface area contributed by atoms with E-state index in [1.807, 2.05) is 25.1 Å². The van der Waals surface area contributed by atoms with E-state index in [1.165, 1.54) is 17.5 Å². The van der Waals surface area contributed by atoms with Crippen LogP contribution in [0.3, 0.4) is 0 Å². The van der Waals surface area contributed by atoms with Gasteiger partial charge in [0.05, 0.1) is 30.4 Å². The van der Waals surface area contributed by atoms with E-state index in [0.29, 0.717) is 23.5 Å². The Bertz CT molecular complexity index is 942. The third kappa shape index (κ3) is 4.23. The smallest absolute Gasteiger partial charge is 0.309 e. The number of carbonyl (C=O) groups excluding carboxylic acids is 1. The molecule has 1 saturated heterocycles. The van der Waals surface area contributed by atoms with Crippen LogP contribution in [-0.2, 0) is 22.4 Å². The normalized spacial score (nSPS) is 23.1. The van der Waals surface area contributed by atoms with Crippen molar-refractivity contribution < 1.29 is 14.3 Å². The first-order chi connectivity index (χ1) is 14.5. The van der Waals surface area contributed by atoms with Gasteiger partial charge in [0.25, 0.3) is 0 Å². The number of hydrogen-bond donors (Lipinski definition) is 1. The first kappa shape index (κ1) is 21.6. The topological polar surface area (TPSA) is 60.5 Å². The number of halogens is 2.